The van der Waals surface area contributed by atoms with Gasteiger partial charge in [-0.1, -0.05) is 31.9 Å². The van der Waals surface area contributed by atoms with E-state index in [1.807, 2.05) is 0 Å². The fourth-order valence-electron chi connectivity index (χ4n) is 1.39. The van der Waals surface area contributed by atoms with E-state index in [0.29, 0.717) is 16.3 Å². The number of benzene rings is 1. The highest BCUT2D eigenvalue weighted by Gasteiger charge is 2.28. The Balaban J connectivity index is 2.96. The van der Waals surface area contributed by atoms with Crippen LogP contribution in [0.1, 0.15) is 13.8 Å². The van der Waals surface area contributed by atoms with Crippen LogP contribution in [0.4, 0.5) is 5.69 Å². The van der Waals surface area contributed by atoms with Crippen LogP contribution in [-0.2, 0) is 14.8 Å². The lowest BCUT2D eigenvalue weighted by atomic mass is 10.1. The number of rotatable bonds is 6. The van der Waals surface area contributed by atoms with Crippen LogP contribution in [0.15, 0.2) is 29.2 Å². The van der Waals surface area contributed by atoms with Gasteiger partial charge in [0.25, 0.3) is 0 Å². The van der Waals surface area contributed by atoms with Crippen molar-refractivity contribution < 1.29 is 13.2 Å². The van der Waals surface area contributed by atoms with Gasteiger partial charge < -0.3 is 5.32 Å². The zero-order chi connectivity index (χ0) is 15.4. The molecule has 0 heterocycles. The molecular weight excluding hydrogens is 412 g/mol. The molecule has 0 atom stereocenters. The minimum absolute atomic E-state index is 0.153. The second-order valence-corrected chi connectivity index (χ2v) is 7.44. The lowest BCUT2D eigenvalue weighted by Gasteiger charge is -2.26. The summed E-state index contributed by atoms with van der Waals surface area (Å²) in [4.78, 5) is 11.1. The van der Waals surface area contributed by atoms with E-state index < -0.39 is 15.6 Å². The summed E-state index contributed by atoms with van der Waals surface area (Å²) in [5.41, 5.74) is -0.0602. The summed E-state index contributed by atoms with van der Waals surface area (Å²) >= 11 is 6.58. The average Bonchev–Trinajstić information content (AvgIpc) is 2.38. The van der Waals surface area contributed by atoms with Crippen LogP contribution in [0.25, 0.3) is 0 Å². The van der Waals surface area contributed by atoms with Crippen LogP contribution >= 0.6 is 31.9 Å². The minimum Gasteiger partial charge on any atom is -0.326 e. The van der Waals surface area contributed by atoms with E-state index in [2.05, 4.69) is 41.9 Å². The highest BCUT2D eigenvalue weighted by molar-refractivity contribution is 9.09. The number of halogens is 2. The van der Waals surface area contributed by atoms with Crippen molar-refractivity contribution >= 4 is 53.5 Å². The number of nitrogens with one attached hydrogen (secondary N) is 2. The molecule has 0 unspecified atom stereocenters. The van der Waals surface area contributed by atoms with Gasteiger partial charge in [0.1, 0.15) is 0 Å². The van der Waals surface area contributed by atoms with Crippen molar-refractivity contribution in [1.82, 2.24) is 4.72 Å². The van der Waals surface area contributed by atoms with Crippen molar-refractivity contribution in [2.75, 3.05) is 16.0 Å². The molecule has 0 aliphatic rings. The third kappa shape index (κ3) is 4.83. The first kappa shape index (κ1) is 17.6. The molecule has 0 aliphatic heterocycles. The number of hydrogen-bond acceptors (Lipinski definition) is 3. The molecule has 5 nitrogen and oxygen atoms in total. The molecule has 2 N–H and O–H groups in total. The molecule has 112 valence electrons. The van der Waals surface area contributed by atoms with Crippen molar-refractivity contribution in [3.63, 3.8) is 0 Å². The van der Waals surface area contributed by atoms with Crippen molar-refractivity contribution in [3.8, 4) is 0 Å². The zero-order valence-electron chi connectivity index (χ0n) is 11.1. The molecule has 0 bridgehead atoms. The van der Waals surface area contributed by atoms with E-state index in [1.54, 1.807) is 19.1 Å². The largest absolute Gasteiger partial charge is 0.326 e. The summed E-state index contributed by atoms with van der Waals surface area (Å²) in [6.07, 6.45) is 0. The molecule has 1 aromatic carbocycles. The Morgan fingerprint density at radius 1 is 1.20 bits per heavy atom. The Labute approximate surface area is 135 Å². The fourth-order valence-corrected chi connectivity index (χ4v) is 4.38. The highest BCUT2D eigenvalue weighted by atomic mass is 79.9. The third-order valence-corrected chi connectivity index (χ3v) is 6.59. The maximum atomic E-state index is 12.3. The topological polar surface area (TPSA) is 75.3 Å². The van der Waals surface area contributed by atoms with E-state index in [9.17, 15) is 13.2 Å². The Bertz CT molecular complexity index is 569. The lowest BCUT2D eigenvalue weighted by Crippen LogP contribution is -2.48. The molecule has 0 saturated carbocycles. The molecule has 0 radical (unpaired) electrons. The number of anilines is 1. The Morgan fingerprint density at radius 2 is 1.70 bits per heavy atom. The molecular formula is C12H16Br2N2O3S. The van der Waals surface area contributed by atoms with Gasteiger partial charge >= 0.3 is 0 Å². The summed E-state index contributed by atoms with van der Waals surface area (Å²) in [6.45, 7) is 3.18. The second kappa shape index (κ2) is 7.02. The molecule has 8 heteroatoms. The average molecular weight is 428 g/mol. The first-order valence-electron chi connectivity index (χ1n) is 5.76. The Hall–Kier alpha value is -0.440. The smallest absolute Gasteiger partial charge is 0.241 e. The molecule has 0 aliphatic carbocycles. The van der Waals surface area contributed by atoms with E-state index in [1.165, 1.54) is 19.1 Å². The summed E-state index contributed by atoms with van der Waals surface area (Å²) < 4.78 is 27.2. The van der Waals surface area contributed by atoms with Crippen molar-refractivity contribution in [3.05, 3.63) is 24.3 Å². The number of sulfonamides is 1. The van der Waals surface area contributed by atoms with Crippen LogP contribution in [0, 0.1) is 0 Å². The van der Waals surface area contributed by atoms with Crippen molar-refractivity contribution in [2.24, 2.45) is 0 Å². The van der Waals surface area contributed by atoms with Gasteiger partial charge in [0, 0.05) is 28.8 Å². The highest BCUT2D eigenvalue weighted by Crippen LogP contribution is 2.19. The van der Waals surface area contributed by atoms with Crippen LogP contribution in [-0.4, -0.2) is 30.5 Å². The van der Waals surface area contributed by atoms with Crippen LogP contribution in [0.5, 0.6) is 0 Å². The van der Waals surface area contributed by atoms with Gasteiger partial charge in [0.05, 0.1) is 4.90 Å². The standard InChI is InChI=1S/C12H16Br2N2O3S/c1-9(17)15-10-3-5-11(6-4-10)20(18,19)16-12(2,7-13)8-14/h3-6,16H,7-8H2,1-2H3,(H,15,17). The number of carbonyl (C=O) groups is 1. The zero-order valence-corrected chi connectivity index (χ0v) is 15.1. The molecule has 20 heavy (non-hydrogen) atoms. The number of amides is 1. The normalized spacial score (nSPS) is 12.2. The molecule has 0 saturated heterocycles. The van der Waals surface area contributed by atoms with Crippen LogP contribution in [0.3, 0.4) is 0 Å². The number of carbonyl (C=O) groups excluding carboxylic acids is 1. The van der Waals surface area contributed by atoms with Gasteiger partial charge in [-0.25, -0.2) is 13.1 Å². The Morgan fingerprint density at radius 3 is 2.10 bits per heavy atom. The second-order valence-electron chi connectivity index (χ2n) is 4.64. The van der Waals surface area contributed by atoms with Gasteiger partial charge in [-0.05, 0) is 31.2 Å². The van der Waals surface area contributed by atoms with Gasteiger partial charge in [-0.2, -0.15) is 0 Å². The minimum atomic E-state index is -3.61. The monoisotopic (exact) mass is 426 g/mol. The molecule has 1 amide bonds. The quantitative estimate of drug-likeness (QED) is 0.684. The van der Waals surface area contributed by atoms with Crippen LogP contribution < -0.4 is 10.0 Å². The number of alkyl halides is 2. The maximum Gasteiger partial charge on any atom is 0.241 e. The predicted molar refractivity (Wildman–Crippen MR) is 87.1 cm³/mol. The third-order valence-electron chi connectivity index (χ3n) is 2.46. The van der Waals surface area contributed by atoms with E-state index in [-0.39, 0.29) is 10.8 Å². The lowest BCUT2D eigenvalue weighted by molar-refractivity contribution is -0.114. The first-order chi connectivity index (χ1) is 9.22. The van der Waals surface area contributed by atoms with Gasteiger partial charge in [-0.3, -0.25) is 4.79 Å². The summed E-state index contributed by atoms with van der Waals surface area (Å²) in [5, 5.41) is 3.55. The summed E-state index contributed by atoms with van der Waals surface area (Å²) in [7, 11) is -3.61. The predicted octanol–water partition coefficient (Wildman–Crippen LogP) is 2.47. The van der Waals surface area contributed by atoms with Crippen LogP contribution in [0.2, 0.25) is 0 Å². The van der Waals surface area contributed by atoms with Crippen molar-refractivity contribution in [1.29, 1.82) is 0 Å². The maximum absolute atomic E-state index is 12.3. The van der Waals surface area contributed by atoms with Gasteiger partial charge in [0.15, 0.2) is 0 Å². The molecule has 1 rings (SSSR count). The van der Waals surface area contributed by atoms with Gasteiger partial charge in [0.2, 0.25) is 15.9 Å². The molecule has 0 spiro atoms. The molecule has 1 aromatic rings. The fraction of sp³-hybridized carbons (Fsp3) is 0.417. The van der Waals surface area contributed by atoms with E-state index >= 15 is 0 Å². The summed E-state index contributed by atoms with van der Waals surface area (Å²) in [6, 6.07) is 6.01. The number of hydrogen-bond donors (Lipinski definition) is 2. The Kier molecular flexibility index (Phi) is 6.18. The molecule has 0 aromatic heterocycles. The SMILES string of the molecule is CC(=O)Nc1ccc(S(=O)(=O)NC(C)(CBr)CBr)cc1. The summed E-state index contributed by atoms with van der Waals surface area (Å²) in [5.74, 6) is -0.204. The van der Waals surface area contributed by atoms with E-state index in [0.717, 1.165) is 0 Å². The van der Waals surface area contributed by atoms with E-state index in [4.69, 9.17) is 0 Å². The van der Waals surface area contributed by atoms with Gasteiger partial charge in [-0.15, -0.1) is 0 Å². The molecule has 0 fully saturated rings. The first-order valence-corrected chi connectivity index (χ1v) is 9.48. The van der Waals surface area contributed by atoms with Crippen molar-refractivity contribution in [2.45, 2.75) is 24.3 Å².